The number of oxazole rings is 1. The first-order chi connectivity index (χ1) is 12.3. The summed E-state index contributed by atoms with van der Waals surface area (Å²) < 4.78 is 30.1. The fraction of sp³-hybridized carbons (Fsp3) is 0.500. The second-order valence-electron chi connectivity index (χ2n) is 5.69. The zero-order valence-corrected chi connectivity index (χ0v) is 16.7. The quantitative estimate of drug-likeness (QED) is 0.451. The maximum Gasteiger partial charge on any atom is 0.216 e. The van der Waals surface area contributed by atoms with E-state index in [1.807, 2.05) is 20.8 Å². The number of rotatable bonds is 8. The highest BCUT2D eigenvalue weighted by Crippen LogP contribution is 2.18. The Morgan fingerprint density at radius 2 is 2.19 bits per heavy atom. The fourth-order valence-electron chi connectivity index (χ4n) is 2.14. The molecular weight excluding hydrogens is 376 g/mol. The van der Waals surface area contributed by atoms with Gasteiger partial charge in [-0.3, -0.25) is 0 Å². The second-order valence-corrected chi connectivity index (χ2v) is 8.90. The number of hydrogen-bond donors (Lipinski definition) is 3. The molecule has 2 aromatic heterocycles. The molecule has 0 aliphatic rings. The van der Waals surface area contributed by atoms with Gasteiger partial charge >= 0.3 is 0 Å². The summed E-state index contributed by atoms with van der Waals surface area (Å²) in [5.41, 5.74) is 0.822. The molecule has 0 spiro atoms. The van der Waals surface area contributed by atoms with Crippen LogP contribution in [0.5, 0.6) is 0 Å². The molecule has 0 radical (unpaired) electrons. The van der Waals surface area contributed by atoms with Crippen molar-refractivity contribution < 1.29 is 17.9 Å². The maximum atomic E-state index is 12.2. The molecule has 0 aliphatic carbocycles. The van der Waals surface area contributed by atoms with Gasteiger partial charge in [-0.25, -0.2) is 18.4 Å². The van der Waals surface area contributed by atoms with Crippen molar-refractivity contribution in [1.29, 1.82) is 0 Å². The molecule has 1 unspecified atom stereocenters. The third kappa shape index (κ3) is 5.82. The Bertz CT molecular complexity index is 809. The normalized spacial score (nSPS) is 13.6. The number of sulfone groups is 1. The lowest BCUT2D eigenvalue weighted by Gasteiger charge is -2.15. The highest BCUT2D eigenvalue weighted by atomic mass is 32.2. The Labute approximate surface area is 157 Å². The van der Waals surface area contributed by atoms with E-state index in [0.717, 1.165) is 22.8 Å². The number of aryl methyl sites for hydroxylation is 2. The van der Waals surface area contributed by atoms with Gasteiger partial charge in [0, 0.05) is 13.1 Å². The summed E-state index contributed by atoms with van der Waals surface area (Å²) in [6.07, 6.45) is -1.06. The zero-order chi connectivity index (χ0) is 19.2. The number of thiophene rings is 1. The smallest absolute Gasteiger partial charge is 0.216 e. The lowest BCUT2D eigenvalue weighted by molar-refractivity contribution is 0.200. The summed E-state index contributed by atoms with van der Waals surface area (Å²) in [4.78, 5) is 8.59. The fourth-order valence-corrected chi connectivity index (χ4v) is 4.62. The monoisotopic (exact) mass is 400 g/mol. The van der Waals surface area contributed by atoms with E-state index in [9.17, 15) is 13.5 Å². The Morgan fingerprint density at radius 1 is 1.42 bits per heavy atom. The van der Waals surface area contributed by atoms with Gasteiger partial charge < -0.3 is 20.2 Å². The highest BCUT2D eigenvalue weighted by molar-refractivity contribution is 7.93. The van der Waals surface area contributed by atoms with Crippen LogP contribution in [0, 0.1) is 13.8 Å². The number of aromatic nitrogens is 1. The van der Waals surface area contributed by atoms with E-state index in [4.69, 9.17) is 4.42 Å². The van der Waals surface area contributed by atoms with E-state index in [2.05, 4.69) is 20.6 Å². The first kappa shape index (κ1) is 20.4. The van der Waals surface area contributed by atoms with Crippen LogP contribution in [0.2, 0.25) is 0 Å². The predicted octanol–water partition coefficient (Wildman–Crippen LogP) is 1.24. The molecule has 2 rings (SSSR count). The summed E-state index contributed by atoms with van der Waals surface area (Å²) in [6.45, 7) is 6.53. The van der Waals surface area contributed by atoms with Crippen molar-refractivity contribution in [2.45, 2.75) is 37.6 Å². The molecule has 1 atom stereocenters. The van der Waals surface area contributed by atoms with Crippen LogP contribution in [0.4, 0.5) is 0 Å². The van der Waals surface area contributed by atoms with E-state index in [0.29, 0.717) is 18.4 Å². The van der Waals surface area contributed by atoms with Gasteiger partial charge in [0.25, 0.3) is 0 Å². The molecule has 0 aromatic carbocycles. The summed E-state index contributed by atoms with van der Waals surface area (Å²) in [6, 6.07) is 3.20. The minimum Gasteiger partial charge on any atom is -0.444 e. The average Bonchev–Trinajstić information content (AvgIpc) is 3.21. The number of aliphatic imine (C=N–C) groups is 1. The van der Waals surface area contributed by atoms with Crippen molar-refractivity contribution in [3.05, 3.63) is 34.9 Å². The van der Waals surface area contributed by atoms with Gasteiger partial charge in [0.2, 0.25) is 5.89 Å². The number of nitrogens with one attached hydrogen (secondary N) is 2. The Balaban J connectivity index is 1.91. The van der Waals surface area contributed by atoms with Crippen LogP contribution in [0.25, 0.3) is 0 Å². The molecule has 144 valence electrons. The lowest BCUT2D eigenvalue weighted by Crippen LogP contribution is -2.42. The number of nitrogens with zero attached hydrogens (tertiary/aromatic N) is 2. The van der Waals surface area contributed by atoms with Gasteiger partial charge in [-0.15, -0.1) is 11.3 Å². The lowest BCUT2D eigenvalue weighted by atomic mass is 10.4. The minimum atomic E-state index is -3.49. The van der Waals surface area contributed by atoms with Crippen LogP contribution in [0.1, 0.15) is 24.3 Å². The minimum absolute atomic E-state index is 0.0556. The summed E-state index contributed by atoms with van der Waals surface area (Å²) >= 11 is 1.14. The van der Waals surface area contributed by atoms with E-state index < -0.39 is 15.9 Å². The summed E-state index contributed by atoms with van der Waals surface area (Å²) in [5.74, 6) is 1.35. The highest BCUT2D eigenvalue weighted by Gasteiger charge is 2.20. The molecule has 2 aromatic rings. The van der Waals surface area contributed by atoms with Crippen LogP contribution in [0.3, 0.4) is 0 Å². The third-order valence-electron chi connectivity index (χ3n) is 3.51. The molecule has 0 saturated heterocycles. The molecule has 8 nitrogen and oxygen atoms in total. The van der Waals surface area contributed by atoms with Crippen LogP contribution in [0.15, 0.2) is 31.1 Å². The second kappa shape index (κ2) is 9.15. The molecular formula is C16H24N4O4S2. The first-order valence-electron chi connectivity index (χ1n) is 8.21. The number of aliphatic hydroxyl groups is 1. The molecule has 0 amide bonds. The number of hydrogen-bond acceptors (Lipinski definition) is 7. The molecule has 0 saturated carbocycles. The largest absolute Gasteiger partial charge is 0.444 e. The molecule has 0 bridgehead atoms. The molecule has 2 heterocycles. The molecule has 10 heteroatoms. The van der Waals surface area contributed by atoms with Crippen molar-refractivity contribution >= 4 is 27.1 Å². The van der Waals surface area contributed by atoms with Crippen molar-refractivity contribution in [1.82, 2.24) is 15.6 Å². The van der Waals surface area contributed by atoms with Gasteiger partial charge in [0.15, 0.2) is 15.8 Å². The third-order valence-corrected chi connectivity index (χ3v) is 6.79. The van der Waals surface area contributed by atoms with Gasteiger partial charge in [-0.2, -0.15) is 0 Å². The van der Waals surface area contributed by atoms with Gasteiger partial charge in [0.05, 0.1) is 17.6 Å². The summed E-state index contributed by atoms with van der Waals surface area (Å²) in [7, 11) is -3.49. The molecule has 0 aliphatic heterocycles. The van der Waals surface area contributed by atoms with Crippen LogP contribution in [-0.2, 0) is 16.4 Å². The van der Waals surface area contributed by atoms with Gasteiger partial charge in [-0.1, -0.05) is 6.07 Å². The van der Waals surface area contributed by atoms with E-state index in [-0.39, 0.29) is 23.1 Å². The maximum absolute atomic E-state index is 12.2. The van der Waals surface area contributed by atoms with Gasteiger partial charge in [-0.05, 0) is 32.2 Å². The van der Waals surface area contributed by atoms with Crippen LogP contribution in [-0.4, -0.2) is 49.4 Å². The zero-order valence-electron chi connectivity index (χ0n) is 15.0. The van der Waals surface area contributed by atoms with Gasteiger partial charge in [0.1, 0.15) is 16.5 Å². The van der Waals surface area contributed by atoms with E-state index in [1.54, 1.807) is 11.4 Å². The standard InChI is InChI=1S/C16H24N4O4S2/c1-4-17-16(19-9-14-20-11(2)12(3)24-14)18-8-13(21)10-26(22,23)15-6-5-7-25-15/h5-7,13,21H,4,8-10H2,1-3H3,(H2,17,18,19). The molecule has 3 N–H and O–H groups in total. The van der Waals surface area contributed by atoms with Crippen molar-refractivity contribution in [3.63, 3.8) is 0 Å². The number of aliphatic hydroxyl groups excluding tert-OH is 1. The van der Waals surface area contributed by atoms with Crippen molar-refractivity contribution in [3.8, 4) is 0 Å². The van der Waals surface area contributed by atoms with E-state index >= 15 is 0 Å². The molecule has 0 fully saturated rings. The van der Waals surface area contributed by atoms with Crippen molar-refractivity contribution in [2.24, 2.45) is 4.99 Å². The van der Waals surface area contributed by atoms with Crippen LogP contribution >= 0.6 is 11.3 Å². The molecule has 26 heavy (non-hydrogen) atoms. The SMILES string of the molecule is CCNC(=NCc1nc(C)c(C)o1)NCC(O)CS(=O)(=O)c1cccs1. The van der Waals surface area contributed by atoms with E-state index in [1.165, 1.54) is 6.07 Å². The average molecular weight is 401 g/mol. The van der Waals surface area contributed by atoms with Crippen LogP contribution < -0.4 is 10.6 Å². The Hall–Kier alpha value is -1.91. The predicted molar refractivity (Wildman–Crippen MR) is 101 cm³/mol. The summed E-state index contributed by atoms with van der Waals surface area (Å²) in [5, 5.41) is 17.7. The Morgan fingerprint density at radius 3 is 2.77 bits per heavy atom. The first-order valence-corrected chi connectivity index (χ1v) is 10.7. The Kier molecular flexibility index (Phi) is 7.18. The van der Waals surface area contributed by atoms with Crippen molar-refractivity contribution in [2.75, 3.05) is 18.8 Å². The number of guanidine groups is 1. The topological polar surface area (TPSA) is 117 Å².